The van der Waals surface area contributed by atoms with Crippen molar-refractivity contribution in [2.45, 2.75) is 46.1 Å². The Bertz CT molecular complexity index is 244. The molecular weight excluding hydrogens is 220 g/mol. The van der Waals surface area contributed by atoms with Crippen LogP contribution in [0.5, 0.6) is 0 Å². The zero-order valence-electron chi connectivity index (χ0n) is 11.1. The molecule has 0 aliphatic heterocycles. The number of carbonyl (C=O) groups is 2. The van der Waals surface area contributed by atoms with Gasteiger partial charge in [0.1, 0.15) is 6.04 Å². The second-order valence-electron chi connectivity index (χ2n) is 3.97. The van der Waals surface area contributed by atoms with E-state index in [2.05, 4.69) is 6.92 Å². The highest BCUT2D eigenvalue weighted by molar-refractivity contribution is 5.79. The summed E-state index contributed by atoms with van der Waals surface area (Å²) in [5.41, 5.74) is 5.20. The highest BCUT2D eigenvalue weighted by Crippen LogP contribution is 2.08. The number of nitrogens with two attached hydrogens (primary N) is 1. The Morgan fingerprint density at radius 2 is 1.94 bits per heavy atom. The van der Waals surface area contributed by atoms with Crippen molar-refractivity contribution < 1.29 is 14.3 Å². The summed E-state index contributed by atoms with van der Waals surface area (Å²) in [5, 5.41) is 0. The van der Waals surface area contributed by atoms with Gasteiger partial charge in [-0.2, -0.15) is 0 Å². The van der Waals surface area contributed by atoms with Crippen molar-refractivity contribution in [1.82, 2.24) is 4.90 Å². The number of amides is 1. The van der Waals surface area contributed by atoms with Gasteiger partial charge in [0.2, 0.25) is 5.91 Å². The van der Waals surface area contributed by atoms with Gasteiger partial charge >= 0.3 is 5.97 Å². The summed E-state index contributed by atoms with van der Waals surface area (Å²) in [6, 6.07) is -0.367. The van der Waals surface area contributed by atoms with Gasteiger partial charge in [-0.05, 0) is 26.3 Å². The number of carbonyl (C=O) groups excluding carboxylic acids is 2. The summed E-state index contributed by atoms with van der Waals surface area (Å²) in [5.74, 6) is -0.684. The second-order valence-corrected chi connectivity index (χ2v) is 3.97. The molecule has 0 spiro atoms. The molecule has 5 nitrogen and oxygen atoms in total. The average molecular weight is 244 g/mol. The van der Waals surface area contributed by atoms with E-state index < -0.39 is 5.91 Å². The summed E-state index contributed by atoms with van der Waals surface area (Å²) in [7, 11) is 0. The number of ether oxygens (including phenoxy) is 1. The standard InChI is InChI=1S/C12H24N2O3/c1-4-7-8-14(9-11(13)15)10(5-2)12(16)17-6-3/h10H,4-9H2,1-3H3,(H2,13,15). The predicted octanol–water partition coefficient (Wildman–Crippen LogP) is 0.915. The van der Waals surface area contributed by atoms with Crippen LogP contribution in [0.1, 0.15) is 40.0 Å². The minimum atomic E-state index is -0.413. The molecule has 0 bridgehead atoms. The second kappa shape index (κ2) is 8.98. The van der Waals surface area contributed by atoms with Crippen LogP contribution < -0.4 is 5.73 Å². The molecule has 0 aliphatic carbocycles. The number of hydrogen-bond acceptors (Lipinski definition) is 4. The zero-order chi connectivity index (χ0) is 13.3. The minimum Gasteiger partial charge on any atom is -0.465 e. The topological polar surface area (TPSA) is 72.6 Å². The third-order valence-corrected chi connectivity index (χ3v) is 2.54. The lowest BCUT2D eigenvalue weighted by molar-refractivity contribution is -0.150. The molecule has 0 rings (SSSR count). The molecule has 0 saturated heterocycles. The van der Waals surface area contributed by atoms with Crippen molar-refractivity contribution in [3.63, 3.8) is 0 Å². The van der Waals surface area contributed by atoms with Gasteiger partial charge in [-0.3, -0.25) is 14.5 Å². The van der Waals surface area contributed by atoms with E-state index in [1.54, 1.807) is 6.92 Å². The Hall–Kier alpha value is -1.10. The lowest BCUT2D eigenvalue weighted by Crippen LogP contribution is -2.46. The van der Waals surface area contributed by atoms with E-state index in [4.69, 9.17) is 10.5 Å². The number of unbranched alkanes of at least 4 members (excludes halogenated alkanes) is 1. The summed E-state index contributed by atoms with van der Waals surface area (Å²) >= 11 is 0. The van der Waals surface area contributed by atoms with Crippen LogP contribution in [0.2, 0.25) is 0 Å². The van der Waals surface area contributed by atoms with Gasteiger partial charge < -0.3 is 10.5 Å². The fourth-order valence-corrected chi connectivity index (χ4v) is 1.72. The third kappa shape index (κ3) is 6.26. The van der Waals surface area contributed by atoms with Gasteiger partial charge in [0.15, 0.2) is 0 Å². The molecule has 5 heteroatoms. The molecule has 1 atom stereocenters. The van der Waals surface area contributed by atoms with Crippen LogP contribution in [0.3, 0.4) is 0 Å². The molecule has 0 heterocycles. The first-order chi connectivity index (χ1) is 8.06. The lowest BCUT2D eigenvalue weighted by Gasteiger charge is -2.28. The highest BCUT2D eigenvalue weighted by Gasteiger charge is 2.25. The fraction of sp³-hybridized carbons (Fsp3) is 0.833. The summed E-state index contributed by atoms with van der Waals surface area (Å²) in [6.07, 6.45) is 2.56. The van der Waals surface area contributed by atoms with Crippen LogP contribution in [-0.4, -0.2) is 42.5 Å². The quantitative estimate of drug-likeness (QED) is 0.612. The number of primary amides is 1. The van der Waals surface area contributed by atoms with Crippen molar-refractivity contribution in [3.05, 3.63) is 0 Å². The molecule has 2 N–H and O–H groups in total. The van der Waals surface area contributed by atoms with Crippen molar-refractivity contribution in [1.29, 1.82) is 0 Å². The monoisotopic (exact) mass is 244 g/mol. The van der Waals surface area contributed by atoms with Gasteiger partial charge in [-0.25, -0.2) is 0 Å². The fourth-order valence-electron chi connectivity index (χ4n) is 1.72. The normalized spacial score (nSPS) is 12.5. The largest absolute Gasteiger partial charge is 0.465 e. The lowest BCUT2D eigenvalue weighted by atomic mass is 10.1. The van der Waals surface area contributed by atoms with Crippen LogP contribution in [-0.2, 0) is 14.3 Å². The Labute approximate surface area is 103 Å². The van der Waals surface area contributed by atoms with E-state index in [-0.39, 0.29) is 18.6 Å². The molecule has 0 aromatic rings. The Morgan fingerprint density at radius 1 is 1.29 bits per heavy atom. The van der Waals surface area contributed by atoms with Gasteiger partial charge in [-0.1, -0.05) is 20.3 Å². The van der Waals surface area contributed by atoms with E-state index in [1.807, 2.05) is 11.8 Å². The third-order valence-electron chi connectivity index (χ3n) is 2.54. The van der Waals surface area contributed by atoms with Gasteiger partial charge in [0.25, 0.3) is 0 Å². The van der Waals surface area contributed by atoms with Crippen LogP contribution in [0.15, 0.2) is 0 Å². The summed E-state index contributed by atoms with van der Waals surface area (Å²) in [6.45, 7) is 6.89. The molecule has 100 valence electrons. The minimum absolute atomic E-state index is 0.108. The van der Waals surface area contributed by atoms with Crippen molar-refractivity contribution >= 4 is 11.9 Å². The number of rotatable bonds is 9. The van der Waals surface area contributed by atoms with Crippen LogP contribution in [0.25, 0.3) is 0 Å². The number of esters is 1. The molecule has 0 saturated carbocycles. The molecule has 0 aliphatic rings. The number of hydrogen-bond donors (Lipinski definition) is 1. The molecule has 0 aromatic heterocycles. The summed E-state index contributed by atoms with van der Waals surface area (Å²) < 4.78 is 5.00. The predicted molar refractivity (Wildman–Crippen MR) is 66.4 cm³/mol. The molecule has 1 amide bonds. The smallest absolute Gasteiger partial charge is 0.323 e. The Morgan fingerprint density at radius 3 is 2.35 bits per heavy atom. The molecule has 17 heavy (non-hydrogen) atoms. The van der Waals surface area contributed by atoms with Crippen molar-refractivity contribution in [2.24, 2.45) is 5.73 Å². The Kier molecular flexibility index (Phi) is 8.40. The van der Waals surface area contributed by atoms with E-state index in [0.717, 1.165) is 12.8 Å². The highest BCUT2D eigenvalue weighted by atomic mass is 16.5. The van der Waals surface area contributed by atoms with Crippen LogP contribution in [0, 0.1) is 0 Å². The van der Waals surface area contributed by atoms with Gasteiger partial charge in [0.05, 0.1) is 13.2 Å². The van der Waals surface area contributed by atoms with E-state index in [1.165, 1.54) is 0 Å². The molecular formula is C12H24N2O3. The first-order valence-corrected chi connectivity index (χ1v) is 6.25. The first-order valence-electron chi connectivity index (χ1n) is 6.25. The van der Waals surface area contributed by atoms with Crippen molar-refractivity contribution in [2.75, 3.05) is 19.7 Å². The van der Waals surface area contributed by atoms with Gasteiger partial charge in [0, 0.05) is 0 Å². The molecule has 0 fully saturated rings. The summed E-state index contributed by atoms with van der Waals surface area (Å²) in [4.78, 5) is 24.6. The molecule has 0 radical (unpaired) electrons. The maximum Gasteiger partial charge on any atom is 0.323 e. The first kappa shape index (κ1) is 15.9. The SMILES string of the molecule is CCCCN(CC(N)=O)C(CC)C(=O)OCC. The maximum atomic E-state index is 11.7. The average Bonchev–Trinajstić information content (AvgIpc) is 2.26. The van der Waals surface area contributed by atoms with E-state index in [0.29, 0.717) is 19.6 Å². The van der Waals surface area contributed by atoms with Crippen LogP contribution in [0.4, 0.5) is 0 Å². The maximum absolute atomic E-state index is 11.7. The molecule has 0 aromatic carbocycles. The molecule has 1 unspecified atom stereocenters. The van der Waals surface area contributed by atoms with E-state index in [9.17, 15) is 9.59 Å². The van der Waals surface area contributed by atoms with E-state index >= 15 is 0 Å². The van der Waals surface area contributed by atoms with Gasteiger partial charge in [-0.15, -0.1) is 0 Å². The van der Waals surface area contributed by atoms with Crippen LogP contribution >= 0.6 is 0 Å². The van der Waals surface area contributed by atoms with Crippen molar-refractivity contribution in [3.8, 4) is 0 Å². The zero-order valence-corrected chi connectivity index (χ0v) is 11.1. The Balaban J connectivity index is 4.57. The number of nitrogens with zero attached hydrogens (tertiary/aromatic N) is 1.